The van der Waals surface area contributed by atoms with Crippen LogP contribution < -0.4 is 9.62 Å². The van der Waals surface area contributed by atoms with Crippen LogP contribution in [0, 0.1) is 0 Å². The van der Waals surface area contributed by atoms with E-state index in [1.807, 2.05) is 26.0 Å². The fraction of sp³-hybridized carbons (Fsp3) is 0.310. The Balaban J connectivity index is 2.06. The van der Waals surface area contributed by atoms with Crippen molar-refractivity contribution in [1.29, 1.82) is 0 Å². The highest BCUT2D eigenvalue weighted by Gasteiger charge is 2.33. The number of halogens is 1. The summed E-state index contributed by atoms with van der Waals surface area (Å²) in [4.78, 5) is 28.4. The number of likely N-dealkylation sites (N-methyl/N-ethyl adjacent to an activating group) is 1. The maximum absolute atomic E-state index is 13.9. The fourth-order valence-corrected chi connectivity index (χ4v) is 5.80. The van der Waals surface area contributed by atoms with Gasteiger partial charge in [0.25, 0.3) is 10.0 Å². The standard InChI is InChI=1S/C29H34ClN3O4S/c1-4-22-16-18-24(19-17-22)33(38(36,37)25-13-8-7-9-14-25)21-28(34)32(27(5-2)29(35)31-6-3)20-23-12-10-11-15-26(23)30/h7-19,27H,4-6,20-21H2,1-3H3,(H,31,35). The van der Waals surface area contributed by atoms with Crippen LogP contribution in [0.3, 0.4) is 0 Å². The Labute approximate surface area is 230 Å². The van der Waals surface area contributed by atoms with Crippen molar-refractivity contribution in [2.75, 3.05) is 17.4 Å². The van der Waals surface area contributed by atoms with Crippen LogP contribution in [-0.2, 0) is 32.6 Å². The van der Waals surface area contributed by atoms with Gasteiger partial charge in [-0.2, -0.15) is 0 Å². The average molecular weight is 556 g/mol. The summed E-state index contributed by atoms with van der Waals surface area (Å²) in [6, 6.07) is 21.4. The zero-order valence-electron chi connectivity index (χ0n) is 21.9. The molecule has 0 bridgehead atoms. The second kappa shape index (κ2) is 13.4. The molecule has 0 spiro atoms. The third-order valence-corrected chi connectivity index (χ3v) is 8.43. The number of hydrogen-bond donors (Lipinski definition) is 1. The van der Waals surface area contributed by atoms with Gasteiger partial charge in [0, 0.05) is 18.1 Å². The van der Waals surface area contributed by atoms with Gasteiger partial charge in [0.15, 0.2) is 0 Å². The summed E-state index contributed by atoms with van der Waals surface area (Å²) >= 11 is 6.40. The summed E-state index contributed by atoms with van der Waals surface area (Å²) in [6.07, 6.45) is 1.14. The van der Waals surface area contributed by atoms with Crippen LogP contribution in [0.1, 0.15) is 38.3 Å². The highest BCUT2D eigenvalue weighted by molar-refractivity contribution is 7.92. The lowest BCUT2D eigenvalue weighted by Gasteiger charge is -2.33. The zero-order valence-corrected chi connectivity index (χ0v) is 23.5. The molecule has 2 amide bonds. The second-order valence-electron chi connectivity index (χ2n) is 8.78. The van der Waals surface area contributed by atoms with Gasteiger partial charge in [0.05, 0.1) is 10.6 Å². The smallest absolute Gasteiger partial charge is 0.264 e. The van der Waals surface area contributed by atoms with Crippen molar-refractivity contribution in [3.8, 4) is 0 Å². The molecule has 7 nitrogen and oxygen atoms in total. The molecule has 202 valence electrons. The van der Waals surface area contributed by atoms with Crippen molar-refractivity contribution in [2.45, 2.75) is 51.1 Å². The summed E-state index contributed by atoms with van der Waals surface area (Å²) in [5, 5.41) is 3.25. The molecule has 3 aromatic carbocycles. The highest BCUT2D eigenvalue weighted by Crippen LogP contribution is 2.26. The SMILES string of the molecule is CCNC(=O)C(CC)N(Cc1ccccc1Cl)C(=O)CN(c1ccc(CC)cc1)S(=O)(=O)c1ccccc1. The van der Waals surface area contributed by atoms with Gasteiger partial charge < -0.3 is 10.2 Å². The molecule has 0 saturated carbocycles. The lowest BCUT2D eigenvalue weighted by Crippen LogP contribution is -2.52. The summed E-state index contributed by atoms with van der Waals surface area (Å²) in [7, 11) is -4.09. The number of carbonyl (C=O) groups is 2. The van der Waals surface area contributed by atoms with Gasteiger partial charge in [-0.15, -0.1) is 0 Å². The topological polar surface area (TPSA) is 86.8 Å². The van der Waals surface area contributed by atoms with Gasteiger partial charge in [-0.05, 0) is 61.2 Å². The van der Waals surface area contributed by atoms with Gasteiger partial charge in [-0.25, -0.2) is 8.42 Å². The number of carbonyl (C=O) groups excluding carboxylic acids is 2. The zero-order chi connectivity index (χ0) is 27.7. The van der Waals surface area contributed by atoms with Crippen LogP contribution in [0.5, 0.6) is 0 Å². The third-order valence-electron chi connectivity index (χ3n) is 6.28. The largest absolute Gasteiger partial charge is 0.355 e. The summed E-state index contributed by atoms with van der Waals surface area (Å²) in [5.74, 6) is -0.817. The Kier molecular flexibility index (Phi) is 10.3. The minimum absolute atomic E-state index is 0.0577. The van der Waals surface area contributed by atoms with E-state index in [0.717, 1.165) is 16.3 Å². The van der Waals surface area contributed by atoms with E-state index in [-0.39, 0.29) is 17.3 Å². The maximum Gasteiger partial charge on any atom is 0.264 e. The quantitative estimate of drug-likeness (QED) is 0.339. The van der Waals surface area contributed by atoms with Gasteiger partial charge >= 0.3 is 0 Å². The molecule has 0 aliphatic carbocycles. The highest BCUT2D eigenvalue weighted by atomic mass is 35.5. The minimum atomic E-state index is -4.09. The van der Waals surface area contributed by atoms with Crippen LogP contribution in [0.4, 0.5) is 5.69 Å². The number of rotatable bonds is 12. The fourth-order valence-electron chi connectivity index (χ4n) is 4.17. The Bertz CT molecular complexity index is 1330. The summed E-state index contributed by atoms with van der Waals surface area (Å²) < 4.78 is 28.7. The molecule has 3 rings (SSSR count). The predicted molar refractivity (Wildman–Crippen MR) is 152 cm³/mol. The number of aryl methyl sites for hydroxylation is 1. The first-order valence-corrected chi connectivity index (χ1v) is 14.5. The molecule has 0 aliphatic heterocycles. The predicted octanol–water partition coefficient (Wildman–Crippen LogP) is 5.04. The summed E-state index contributed by atoms with van der Waals surface area (Å²) in [6.45, 7) is 5.61. The first kappa shape index (κ1) is 29.2. The van der Waals surface area contributed by atoms with Gasteiger partial charge in [-0.1, -0.05) is 74.0 Å². The molecular weight excluding hydrogens is 522 g/mol. The average Bonchev–Trinajstić information content (AvgIpc) is 2.93. The van der Waals surface area contributed by atoms with Crippen molar-refractivity contribution in [3.63, 3.8) is 0 Å². The maximum atomic E-state index is 13.9. The molecule has 1 atom stereocenters. The number of nitrogens with zero attached hydrogens (tertiary/aromatic N) is 2. The third kappa shape index (κ3) is 6.94. The van der Waals surface area contributed by atoms with Crippen molar-refractivity contribution in [3.05, 3.63) is 95.0 Å². The van der Waals surface area contributed by atoms with Crippen LogP contribution in [-0.4, -0.2) is 44.3 Å². The van der Waals surface area contributed by atoms with E-state index in [1.54, 1.807) is 61.5 Å². The Morgan fingerprint density at radius 2 is 1.53 bits per heavy atom. The van der Waals surface area contributed by atoms with E-state index >= 15 is 0 Å². The molecule has 0 aromatic heterocycles. The molecule has 1 unspecified atom stereocenters. The summed E-state index contributed by atoms with van der Waals surface area (Å²) in [5.41, 5.74) is 2.07. The molecule has 0 heterocycles. The number of nitrogens with one attached hydrogen (secondary N) is 1. The Hall–Kier alpha value is -3.36. The van der Waals surface area contributed by atoms with Gasteiger partial charge in [-0.3, -0.25) is 13.9 Å². The monoisotopic (exact) mass is 555 g/mol. The number of hydrogen-bond acceptors (Lipinski definition) is 4. The van der Waals surface area contributed by atoms with Crippen LogP contribution >= 0.6 is 11.6 Å². The number of sulfonamides is 1. The first-order valence-electron chi connectivity index (χ1n) is 12.7. The number of amides is 2. The number of benzene rings is 3. The van der Waals surface area contributed by atoms with E-state index in [4.69, 9.17) is 11.6 Å². The van der Waals surface area contributed by atoms with Crippen molar-refractivity contribution < 1.29 is 18.0 Å². The van der Waals surface area contributed by atoms with Crippen molar-refractivity contribution in [2.24, 2.45) is 0 Å². The molecule has 0 saturated heterocycles. The van der Waals surface area contributed by atoms with Crippen molar-refractivity contribution >= 4 is 39.1 Å². The lowest BCUT2D eigenvalue weighted by atomic mass is 10.1. The van der Waals surface area contributed by atoms with E-state index in [9.17, 15) is 18.0 Å². The molecular formula is C29H34ClN3O4S. The van der Waals surface area contributed by atoms with Gasteiger partial charge in [0.1, 0.15) is 12.6 Å². The van der Waals surface area contributed by atoms with E-state index in [2.05, 4.69) is 5.32 Å². The second-order valence-corrected chi connectivity index (χ2v) is 11.0. The number of anilines is 1. The normalized spacial score (nSPS) is 12.0. The minimum Gasteiger partial charge on any atom is -0.355 e. The van der Waals surface area contributed by atoms with Crippen molar-refractivity contribution in [1.82, 2.24) is 10.2 Å². The lowest BCUT2D eigenvalue weighted by molar-refractivity contribution is -0.140. The molecule has 1 N–H and O–H groups in total. The molecule has 3 aromatic rings. The first-order chi connectivity index (χ1) is 18.2. The molecule has 0 aliphatic rings. The van der Waals surface area contributed by atoms with Crippen LogP contribution in [0.2, 0.25) is 5.02 Å². The van der Waals surface area contributed by atoms with E-state index in [0.29, 0.717) is 29.2 Å². The van der Waals surface area contributed by atoms with E-state index in [1.165, 1.54) is 17.0 Å². The van der Waals surface area contributed by atoms with Crippen LogP contribution in [0.15, 0.2) is 83.8 Å². The molecule has 0 fully saturated rings. The van der Waals surface area contributed by atoms with E-state index < -0.39 is 28.5 Å². The molecule has 0 radical (unpaired) electrons. The molecule has 38 heavy (non-hydrogen) atoms. The Morgan fingerprint density at radius 1 is 0.895 bits per heavy atom. The Morgan fingerprint density at radius 3 is 2.11 bits per heavy atom. The van der Waals surface area contributed by atoms with Gasteiger partial charge in [0.2, 0.25) is 11.8 Å². The van der Waals surface area contributed by atoms with Crippen LogP contribution in [0.25, 0.3) is 0 Å². The molecule has 9 heteroatoms.